The topological polar surface area (TPSA) is 129 Å². The van der Waals surface area contributed by atoms with Crippen LogP contribution in [0.15, 0.2) is 124 Å². The van der Waals surface area contributed by atoms with Crippen LogP contribution in [-0.4, -0.2) is 24.7 Å². The second kappa shape index (κ2) is 12.5. The van der Waals surface area contributed by atoms with E-state index in [9.17, 15) is 14.9 Å². The predicted octanol–water partition coefficient (Wildman–Crippen LogP) is 8.65. The van der Waals surface area contributed by atoms with Crippen molar-refractivity contribution in [1.29, 1.82) is 0 Å². The summed E-state index contributed by atoms with van der Waals surface area (Å²) in [6, 6.07) is 33.2. The first kappa shape index (κ1) is 29.8. The van der Waals surface area contributed by atoms with E-state index in [1.807, 2.05) is 42.5 Å². The number of nitrogens with one attached hydrogen (secondary N) is 1. The van der Waals surface area contributed by atoms with Crippen molar-refractivity contribution in [3.63, 3.8) is 0 Å². The van der Waals surface area contributed by atoms with Crippen molar-refractivity contribution in [2.75, 3.05) is 5.32 Å². The molecule has 0 unspecified atom stereocenters. The third-order valence-electron chi connectivity index (χ3n) is 7.56. The number of hydrogen-bond donors (Lipinski definition) is 1. The number of halogens is 2. The highest BCUT2D eigenvalue weighted by Gasteiger charge is 2.17. The van der Waals surface area contributed by atoms with Gasteiger partial charge in [0, 0.05) is 35.4 Å². The van der Waals surface area contributed by atoms with Gasteiger partial charge in [-0.2, -0.15) is 0 Å². The third-order valence-corrected chi connectivity index (χ3v) is 8.19. The Balaban J connectivity index is 1.25. The number of fused-ring (bicyclic) bond motifs is 1. The molecule has 47 heavy (non-hydrogen) atoms. The number of benzene rings is 5. The van der Waals surface area contributed by atoms with E-state index in [0.29, 0.717) is 55.7 Å². The van der Waals surface area contributed by atoms with Crippen LogP contribution in [0.5, 0.6) is 0 Å². The van der Waals surface area contributed by atoms with Gasteiger partial charge in [0.05, 0.1) is 37.2 Å². The second-order valence-electron chi connectivity index (χ2n) is 10.5. The molecule has 5 aromatic carbocycles. The molecule has 10 nitrogen and oxygen atoms in total. The fraction of sp³-hybridized carbons (Fsp3) is 0.0286. The van der Waals surface area contributed by atoms with Crippen molar-refractivity contribution in [2.45, 2.75) is 6.42 Å². The molecule has 0 bridgehead atoms. The van der Waals surface area contributed by atoms with Gasteiger partial charge in [0.2, 0.25) is 11.8 Å². The van der Waals surface area contributed by atoms with Crippen molar-refractivity contribution in [3.05, 3.63) is 157 Å². The number of nitrogens with zero attached hydrogens (tertiary/aromatic N) is 5. The molecule has 0 atom stereocenters. The molecule has 0 saturated carbocycles. The van der Waals surface area contributed by atoms with Crippen molar-refractivity contribution in [1.82, 2.24) is 19.7 Å². The van der Waals surface area contributed by atoms with Crippen molar-refractivity contribution in [3.8, 4) is 28.6 Å². The van der Waals surface area contributed by atoms with E-state index < -0.39 is 4.92 Å². The van der Waals surface area contributed by atoms with E-state index in [2.05, 4.69) is 15.5 Å². The fourth-order valence-corrected chi connectivity index (χ4v) is 5.71. The first-order valence-electron chi connectivity index (χ1n) is 14.3. The minimum absolute atomic E-state index is 0.0355. The van der Waals surface area contributed by atoms with Gasteiger partial charge < -0.3 is 9.73 Å². The summed E-state index contributed by atoms with van der Waals surface area (Å²) in [4.78, 5) is 29.4. The van der Waals surface area contributed by atoms with Crippen LogP contribution < -0.4 is 10.9 Å². The summed E-state index contributed by atoms with van der Waals surface area (Å²) in [5.41, 5.74) is 4.35. The smallest absolute Gasteiger partial charge is 0.269 e. The molecule has 12 heteroatoms. The van der Waals surface area contributed by atoms with Gasteiger partial charge in [-0.05, 0) is 72.3 Å². The van der Waals surface area contributed by atoms with Crippen LogP contribution in [0.4, 0.5) is 17.1 Å². The summed E-state index contributed by atoms with van der Waals surface area (Å²) in [6.45, 7) is 0. The quantitative estimate of drug-likeness (QED) is 0.127. The lowest BCUT2D eigenvalue weighted by molar-refractivity contribution is -0.384. The highest BCUT2D eigenvalue weighted by atomic mass is 35.5. The Kier molecular flexibility index (Phi) is 7.95. The predicted molar refractivity (Wildman–Crippen MR) is 182 cm³/mol. The largest absolute Gasteiger partial charge is 0.416 e. The Bertz CT molecular complexity index is 2320. The van der Waals surface area contributed by atoms with Gasteiger partial charge in [-0.25, -0.2) is 4.98 Å². The van der Waals surface area contributed by atoms with Crippen LogP contribution in [0.25, 0.3) is 39.5 Å². The first-order valence-corrected chi connectivity index (χ1v) is 15.1. The maximum atomic E-state index is 14.0. The number of para-hydroxylation sites is 3. The molecule has 0 spiro atoms. The number of non-ortho nitro benzene ring substituents is 1. The van der Waals surface area contributed by atoms with Gasteiger partial charge in [0.15, 0.2) is 0 Å². The van der Waals surface area contributed by atoms with Gasteiger partial charge in [0.25, 0.3) is 11.2 Å². The van der Waals surface area contributed by atoms with E-state index in [-0.39, 0.29) is 23.0 Å². The van der Waals surface area contributed by atoms with Gasteiger partial charge in [-0.15, -0.1) is 10.2 Å². The fourth-order valence-electron chi connectivity index (χ4n) is 5.22. The number of hydrogen-bond acceptors (Lipinski definition) is 8. The van der Waals surface area contributed by atoms with Crippen molar-refractivity contribution in [2.24, 2.45) is 0 Å². The van der Waals surface area contributed by atoms with Crippen LogP contribution in [0.1, 0.15) is 11.4 Å². The molecular formula is C35H22Cl2N6O4. The standard InChI is InChI=1S/C35H22Cl2N6O4/c36-27-8-5-9-28(37)32(27)39-29-10-3-1-6-23(29)20-31-38-30-11-4-2-7-26(30)35(44)42(31)24-16-12-21(13-17-24)33-40-41-34(47-33)22-14-18-25(19-15-22)43(45)46/h1-19,39H,20H2. The first-order chi connectivity index (χ1) is 22.9. The van der Waals surface area contributed by atoms with E-state index in [0.717, 1.165) is 11.3 Å². The lowest BCUT2D eigenvalue weighted by Gasteiger charge is -2.17. The van der Waals surface area contributed by atoms with Gasteiger partial charge >= 0.3 is 0 Å². The Labute approximate surface area is 277 Å². The average Bonchev–Trinajstić information content (AvgIpc) is 3.58. The van der Waals surface area contributed by atoms with Gasteiger partial charge in [-0.1, -0.05) is 59.6 Å². The molecule has 0 aliphatic heterocycles. The third kappa shape index (κ3) is 5.95. The lowest BCUT2D eigenvalue weighted by Crippen LogP contribution is -2.24. The normalized spacial score (nSPS) is 11.1. The average molecular weight is 662 g/mol. The summed E-state index contributed by atoms with van der Waals surface area (Å²) in [6.07, 6.45) is 0.315. The molecule has 2 heterocycles. The maximum Gasteiger partial charge on any atom is 0.269 e. The molecule has 1 N–H and O–H groups in total. The lowest BCUT2D eigenvalue weighted by atomic mass is 10.1. The minimum Gasteiger partial charge on any atom is -0.416 e. The number of anilines is 2. The Hall–Kier alpha value is -5.84. The Morgan fingerprint density at radius 1 is 0.766 bits per heavy atom. The zero-order chi connectivity index (χ0) is 32.5. The Morgan fingerprint density at radius 3 is 2.06 bits per heavy atom. The molecular weight excluding hydrogens is 639 g/mol. The highest BCUT2D eigenvalue weighted by Crippen LogP contribution is 2.34. The minimum atomic E-state index is -0.473. The SMILES string of the molecule is O=c1c2ccccc2nc(Cc2ccccc2Nc2c(Cl)cccc2Cl)n1-c1ccc(-c2nnc(-c3ccc([N+](=O)[O-])cc3)o2)cc1. The number of nitro benzene ring substituents is 1. The summed E-state index contributed by atoms with van der Waals surface area (Å²) in [5.74, 6) is 1.01. The van der Waals surface area contributed by atoms with Crippen LogP contribution in [0.3, 0.4) is 0 Å². The zero-order valence-corrected chi connectivity index (χ0v) is 25.8. The van der Waals surface area contributed by atoms with E-state index in [4.69, 9.17) is 32.6 Å². The maximum absolute atomic E-state index is 14.0. The molecule has 7 aromatic rings. The molecule has 0 fully saturated rings. The molecule has 2 aromatic heterocycles. The highest BCUT2D eigenvalue weighted by molar-refractivity contribution is 6.39. The van der Waals surface area contributed by atoms with E-state index >= 15 is 0 Å². The van der Waals surface area contributed by atoms with E-state index in [1.165, 1.54) is 12.1 Å². The second-order valence-corrected chi connectivity index (χ2v) is 11.3. The van der Waals surface area contributed by atoms with Crippen molar-refractivity contribution < 1.29 is 9.34 Å². The van der Waals surface area contributed by atoms with Crippen LogP contribution >= 0.6 is 23.2 Å². The molecule has 0 radical (unpaired) electrons. The summed E-state index contributed by atoms with van der Waals surface area (Å²) < 4.78 is 7.46. The Morgan fingerprint density at radius 2 is 1.38 bits per heavy atom. The molecule has 230 valence electrons. The van der Waals surface area contributed by atoms with Crippen LogP contribution in [0, 0.1) is 10.1 Å². The molecule has 0 amide bonds. The number of rotatable bonds is 8. The summed E-state index contributed by atoms with van der Waals surface area (Å²) >= 11 is 12.9. The van der Waals surface area contributed by atoms with Crippen LogP contribution in [0.2, 0.25) is 10.0 Å². The van der Waals surface area contributed by atoms with Crippen molar-refractivity contribution >= 4 is 51.2 Å². The monoisotopic (exact) mass is 660 g/mol. The van der Waals surface area contributed by atoms with Gasteiger partial charge in [0.1, 0.15) is 5.82 Å². The molecule has 7 rings (SSSR count). The molecule has 0 aliphatic carbocycles. The molecule has 0 saturated heterocycles. The molecule has 0 aliphatic rings. The number of aromatic nitrogens is 4. The zero-order valence-electron chi connectivity index (χ0n) is 24.3. The van der Waals surface area contributed by atoms with Crippen LogP contribution in [-0.2, 0) is 6.42 Å². The summed E-state index contributed by atoms with van der Waals surface area (Å²) in [5, 5.41) is 24.0. The summed E-state index contributed by atoms with van der Waals surface area (Å²) in [7, 11) is 0. The van der Waals surface area contributed by atoms with Gasteiger partial charge in [-0.3, -0.25) is 19.5 Å². The van der Waals surface area contributed by atoms with E-state index in [1.54, 1.807) is 65.2 Å². The number of nitro groups is 1.